The van der Waals surface area contributed by atoms with Crippen molar-refractivity contribution in [1.82, 2.24) is 0 Å². The van der Waals surface area contributed by atoms with E-state index in [1.165, 1.54) is 153 Å². The summed E-state index contributed by atoms with van der Waals surface area (Å²) in [6.45, 7) is 14.0. The van der Waals surface area contributed by atoms with Crippen molar-refractivity contribution in [2.45, 2.75) is 57.8 Å². The molecule has 0 heteroatoms. The second-order valence-electron chi connectivity index (χ2n) is 22.3. The second kappa shape index (κ2) is 13.2. The van der Waals surface area contributed by atoms with E-state index in [4.69, 9.17) is 0 Å². The van der Waals surface area contributed by atoms with E-state index in [1.807, 2.05) is 0 Å². The SMILES string of the molecule is CC(C)(C)c1ccc2ccc3c(-c4ccc5c(c4)C4(c6ccccc6-c6ccccc64)c4ccc6c(-c7ccc8ccc9c(C(C)(C)C)ccc%10ccc7c8c%109)cccc6c4-5)ccc4ccc1c2c43. The predicted octanol–water partition coefficient (Wildman–Crippen LogP) is 18.9. The summed E-state index contributed by atoms with van der Waals surface area (Å²) in [4.78, 5) is 0. The Morgan fingerprint density at radius 3 is 1.29 bits per heavy atom. The van der Waals surface area contributed by atoms with Crippen LogP contribution in [0.2, 0.25) is 0 Å². The maximum Gasteiger partial charge on any atom is 0.0725 e. The monoisotopic (exact) mass is 878 g/mol. The second-order valence-corrected chi connectivity index (χ2v) is 22.3. The molecule has 0 heterocycles. The molecule has 13 aromatic carbocycles. The van der Waals surface area contributed by atoms with Crippen LogP contribution in [0, 0.1) is 0 Å². The van der Waals surface area contributed by atoms with Gasteiger partial charge in [-0.3, -0.25) is 0 Å². The summed E-state index contributed by atoms with van der Waals surface area (Å²) in [5.74, 6) is 0. The molecule has 1 spiro atoms. The first-order chi connectivity index (χ1) is 33.5. The Labute approximate surface area is 403 Å². The fourth-order valence-corrected chi connectivity index (χ4v) is 13.8. The fourth-order valence-electron chi connectivity index (χ4n) is 13.8. The standard InChI is InChI=1S/C69H50/c1-67(2,3)56-35-25-41-20-29-51-44(27-18-39-22-31-53(56)64(41)62(39)51)43-24-33-55-61(38-43)69(58-16-9-7-12-48(58)49-13-8-10-17-59(49)69)60-37-34-47-45(14-11-15-50(47)66(55)60)46-28-19-40-23-32-54-57(68(4,5)6)36-26-42-21-30-52(46)63(40)65(42)54/h7-38H,1-6H3. The maximum atomic E-state index is 2.57. The van der Waals surface area contributed by atoms with Crippen LogP contribution < -0.4 is 0 Å². The minimum Gasteiger partial charge on any atom is -0.0619 e. The fraction of sp³-hybridized carbons (Fsp3) is 0.130. The van der Waals surface area contributed by atoms with E-state index >= 15 is 0 Å². The van der Waals surface area contributed by atoms with Crippen LogP contribution in [0.3, 0.4) is 0 Å². The first kappa shape index (κ1) is 39.2. The van der Waals surface area contributed by atoms with Gasteiger partial charge in [0, 0.05) is 0 Å². The summed E-state index contributed by atoms with van der Waals surface area (Å²) in [6.07, 6.45) is 0. The Morgan fingerprint density at radius 1 is 0.275 bits per heavy atom. The summed E-state index contributed by atoms with van der Waals surface area (Å²) in [5, 5.41) is 18.6. The lowest BCUT2D eigenvalue weighted by atomic mass is 9.70. The summed E-state index contributed by atoms with van der Waals surface area (Å²) >= 11 is 0. The molecule has 0 atom stereocenters. The summed E-state index contributed by atoms with van der Waals surface area (Å²) in [5.41, 5.74) is 18.3. The molecule has 2 aliphatic carbocycles. The van der Waals surface area contributed by atoms with E-state index in [2.05, 4.69) is 236 Å². The third-order valence-corrected chi connectivity index (χ3v) is 16.7. The van der Waals surface area contributed by atoms with Gasteiger partial charge >= 0.3 is 0 Å². The van der Waals surface area contributed by atoms with Gasteiger partial charge in [-0.25, -0.2) is 0 Å². The lowest BCUT2D eigenvalue weighted by Gasteiger charge is -2.31. The van der Waals surface area contributed by atoms with Gasteiger partial charge in [-0.1, -0.05) is 230 Å². The molecule has 0 nitrogen and oxygen atoms in total. The van der Waals surface area contributed by atoms with Gasteiger partial charge in [-0.05, 0) is 170 Å². The zero-order valence-electron chi connectivity index (χ0n) is 40.0. The van der Waals surface area contributed by atoms with Crippen molar-refractivity contribution in [2.75, 3.05) is 0 Å². The molecule has 0 N–H and O–H groups in total. The Kier molecular flexibility index (Phi) is 7.53. The first-order valence-electron chi connectivity index (χ1n) is 24.8. The maximum absolute atomic E-state index is 2.57. The highest BCUT2D eigenvalue weighted by atomic mass is 14.5. The normalized spacial score (nSPS) is 14.1. The van der Waals surface area contributed by atoms with Crippen LogP contribution in [-0.4, -0.2) is 0 Å². The molecule has 15 rings (SSSR count). The molecule has 0 saturated heterocycles. The lowest BCUT2D eigenvalue weighted by molar-refractivity contribution is 0.596. The van der Waals surface area contributed by atoms with E-state index in [0.29, 0.717) is 0 Å². The molecular weight excluding hydrogens is 829 g/mol. The summed E-state index contributed by atoms with van der Waals surface area (Å²) < 4.78 is 0. The number of rotatable bonds is 2. The van der Waals surface area contributed by atoms with Crippen molar-refractivity contribution < 1.29 is 0 Å². The Morgan fingerprint density at radius 2 is 0.710 bits per heavy atom. The molecule has 13 aromatic rings. The molecule has 2 aliphatic rings. The minimum atomic E-state index is -0.485. The average Bonchev–Trinajstić information content (AvgIpc) is 3.83. The van der Waals surface area contributed by atoms with Gasteiger partial charge in [0.15, 0.2) is 0 Å². The Bertz CT molecular complexity index is 4330. The quantitative estimate of drug-likeness (QED) is 0.152. The van der Waals surface area contributed by atoms with E-state index in [-0.39, 0.29) is 10.8 Å². The van der Waals surface area contributed by atoms with Crippen LogP contribution >= 0.6 is 0 Å². The molecule has 0 bridgehead atoms. The van der Waals surface area contributed by atoms with E-state index in [0.717, 1.165) is 0 Å². The van der Waals surface area contributed by atoms with E-state index in [9.17, 15) is 0 Å². The topological polar surface area (TPSA) is 0 Å². The van der Waals surface area contributed by atoms with Gasteiger partial charge in [0.05, 0.1) is 5.41 Å². The number of benzene rings is 13. The van der Waals surface area contributed by atoms with Crippen LogP contribution in [-0.2, 0) is 16.2 Å². The van der Waals surface area contributed by atoms with Crippen molar-refractivity contribution in [3.63, 3.8) is 0 Å². The molecule has 0 aliphatic heterocycles. The summed E-state index contributed by atoms with van der Waals surface area (Å²) in [6, 6.07) is 75.5. The van der Waals surface area contributed by atoms with E-state index < -0.39 is 5.41 Å². The van der Waals surface area contributed by atoms with Gasteiger partial charge in [0.25, 0.3) is 0 Å². The molecule has 326 valence electrons. The van der Waals surface area contributed by atoms with Crippen LogP contribution in [0.25, 0.3) is 120 Å². The predicted molar refractivity (Wildman–Crippen MR) is 296 cm³/mol. The highest BCUT2D eigenvalue weighted by Crippen LogP contribution is 2.64. The van der Waals surface area contributed by atoms with Crippen LogP contribution in [0.4, 0.5) is 0 Å². The molecule has 69 heavy (non-hydrogen) atoms. The highest BCUT2D eigenvalue weighted by Gasteiger charge is 2.52. The number of hydrogen-bond donors (Lipinski definition) is 0. The van der Waals surface area contributed by atoms with Gasteiger partial charge in [0.1, 0.15) is 0 Å². The lowest BCUT2D eigenvalue weighted by Crippen LogP contribution is -2.25. The molecule has 0 amide bonds. The van der Waals surface area contributed by atoms with Crippen molar-refractivity contribution in [1.29, 1.82) is 0 Å². The van der Waals surface area contributed by atoms with Crippen molar-refractivity contribution in [3.05, 3.63) is 228 Å². The van der Waals surface area contributed by atoms with Crippen molar-refractivity contribution >= 4 is 75.4 Å². The largest absolute Gasteiger partial charge is 0.0725 e. The third kappa shape index (κ3) is 4.99. The molecule has 0 unspecified atom stereocenters. The van der Waals surface area contributed by atoms with E-state index in [1.54, 1.807) is 0 Å². The van der Waals surface area contributed by atoms with Crippen molar-refractivity contribution in [2.24, 2.45) is 0 Å². The molecular formula is C69H50. The number of hydrogen-bond acceptors (Lipinski definition) is 0. The van der Waals surface area contributed by atoms with Crippen molar-refractivity contribution in [3.8, 4) is 44.5 Å². The summed E-state index contributed by atoms with van der Waals surface area (Å²) in [7, 11) is 0. The average molecular weight is 879 g/mol. The molecule has 0 radical (unpaired) electrons. The van der Waals surface area contributed by atoms with Crippen LogP contribution in [0.5, 0.6) is 0 Å². The first-order valence-corrected chi connectivity index (χ1v) is 24.8. The molecule has 0 saturated carbocycles. The van der Waals surface area contributed by atoms with Crippen LogP contribution in [0.1, 0.15) is 74.9 Å². The zero-order chi connectivity index (χ0) is 46.3. The zero-order valence-corrected chi connectivity index (χ0v) is 40.0. The Balaban J connectivity index is 1.00. The molecule has 0 fully saturated rings. The van der Waals surface area contributed by atoms with Gasteiger partial charge in [-0.2, -0.15) is 0 Å². The number of fused-ring (bicyclic) bond motifs is 12. The van der Waals surface area contributed by atoms with Gasteiger partial charge in [-0.15, -0.1) is 0 Å². The van der Waals surface area contributed by atoms with Crippen LogP contribution in [0.15, 0.2) is 194 Å². The minimum absolute atomic E-state index is 0.0334. The highest BCUT2D eigenvalue weighted by molar-refractivity contribution is 6.28. The third-order valence-electron chi connectivity index (χ3n) is 16.7. The molecule has 0 aromatic heterocycles. The van der Waals surface area contributed by atoms with Gasteiger partial charge < -0.3 is 0 Å². The smallest absolute Gasteiger partial charge is 0.0619 e. The Hall–Kier alpha value is -7.80. The van der Waals surface area contributed by atoms with Gasteiger partial charge in [0.2, 0.25) is 0 Å².